The molecule has 0 radical (unpaired) electrons. The summed E-state index contributed by atoms with van der Waals surface area (Å²) < 4.78 is 33.7. The zero-order valence-corrected chi connectivity index (χ0v) is 22.0. The van der Waals surface area contributed by atoms with E-state index in [2.05, 4.69) is 26.5 Å². The summed E-state index contributed by atoms with van der Waals surface area (Å²) in [5.74, 6) is -0.178. The van der Waals surface area contributed by atoms with E-state index in [1.807, 2.05) is 6.92 Å². The Bertz CT molecular complexity index is 1310. The molecule has 0 aliphatic heterocycles. The van der Waals surface area contributed by atoms with E-state index in [0.29, 0.717) is 31.5 Å². The SMILES string of the molecule is COc1ccc(S(=O)(=O)N(CC(=O)N/N=C\c2c(Cl)cccc2Cl)c2ccc(C)cc2)cc1Br. The van der Waals surface area contributed by atoms with Crippen LogP contribution in [0, 0.1) is 6.92 Å². The molecule has 0 saturated heterocycles. The van der Waals surface area contributed by atoms with Gasteiger partial charge in [-0.15, -0.1) is 0 Å². The minimum Gasteiger partial charge on any atom is -0.496 e. The molecule has 3 aromatic carbocycles. The number of methoxy groups -OCH3 is 1. The average Bonchev–Trinajstić information content (AvgIpc) is 2.80. The van der Waals surface area contributed by atoms with Crippen LogP contribution in [-0.4, -0.2) is 34.2 Å². The molecule has 0 fully saturated rings. The summed E-state index contributed by atoms with van der Waals surface area (Å²) in [6.45, 7) is 1.37. The van der Waals surface area contributed by atoms with E-state index >= 15 is 0 Å². The van der Waals surface area contributed by atoms with Crippen LogP contribution >= 0.6 is 39.1 Å². The van der Waals surface area contributed by atoms with E-state index in [0.717, 1.165) is 9.87 Å². The van der Waals surface area contributed by atoms with Crippen LogP contribution < -0.4 is 14.5 Å². The third-order valence-corrected chi connectivity index (χ3v) is 7.75. The van der Waals surface area contributed by atoms with Crippen LogP contribution in [0.3, 0.4) is 0 Å². The van der Waals surface area contributed by atoms with Crippen molar-refractivity contribution in [3.63, 3.8) is 0 Å². The maximum Gasteiger partial charge on any atom is 0.264 e. The summed E-state index contributed by atoms with van der Waals surface area (Å²) >= 11 is 15.5. The molecule has 3 rings (SSSR count). The number of anilines is 1. The maximum atomic E-state index is 13.5. The lowest BCUT2D eigenvalue weighted by Gasteiger charge is -2.24. The Kier molecular flexibility index (Phi) is 8.59. The average molecular weight is 585 g/mol. The molecule has 0 unspecified atom stereocenters. The van der Waals surface area contributed by atoms with Gasteiger partial charge in [-0.3, -0.25) is 9.10 Å². The zero-order chi connectivity index (χ0) is 24.9. The third-order valence-electron chi connectivity index (χ3n) is 4.70. The first-order chi connectivity index (χ1) is 16.1. The Morgan fingerprint density at radius 2 is 1.76 bits per heavy atom. The molecule has 178 valence electrons. The van der Waals surface area contributed by atoms with Crippen molar-refractivity contribution in [2.24, 2.45) is 5.10 Å². The van der Waals surface area contributed by atoms with Crippen molar-refractivity contribution in [1.29, 1.82) is 0 Å². The minimum atomic E-state index is -4.11. The van der Waals surface area contributed by atoms with Crippen LogP contribution in [0.1, 0.15) is 11.1 Å². The van der Waals surface area contributed by atoms with Crippen molar-refractivity contribution < 1.29 is 17.9 Å². The van der Waals surface area contributed by atoms with Gasteiger partial charge in [0.05, 0.1) is 38.4 Å². The molecule has 1 N–H and O–H groups in total. The number of halogens is 3. The van der Waals surface area contributed by atoms with Crippen LogP contribution in [0.4, 0.5) is 5.69 Å². The molecule has 34 heavy (non-hydrogen) atoms. The van der Waals surface area contributed by atoms with E-state index in [4.69, 9.17) is 27.9 Å². The molecule has 3 aromatic rings. The van der Waals surface area contributed by atoms with E-state index in [9.17, 15) is 13.2 Å². The second-order valence-corrected chi connectivity index (χ2v) is 10.6. The minimum absolute atomic E-state index is 0.0140. The highest BCUT2D eigenvalue weighted by Crippen LogP contribution is 2.30. The van der Waals surface area contributed by atoms with Gasteiger partial charge in [-0.1, -0.05) is 47.0 Å². The van der Waals surface area contributed by atoms with Crippen molar-refractivity contribution >= 4 is 67.0 Å². The third kappa shape index (κ3) is 6.09. The molecule has 7 nitrogen and oxygen atoms in total. The normalized spacial score (nSPS) is 11.4. The Morgan fingerprint density at radius 1 is 1.12 bits per heavy atom. The fourth-order valence-corrected chi connectivity index (χ4v) is 5.56. The number of amides is 1. The van der Waals surface area contributed by atoms with Gasteiger partial charge in [-0.2, -0.15) is 5.10 Å². The van der Waals surface area contributed by atoms with Gasteiger partial charge in [-0.25, -0.2) is 13.8 Å². The number of ether oxygens (including phenoxy) is 1. The first-order valence-corrected chi connectivity index (χ1v) is 12.8. The molecular formula is C23H20BrCl2N3O4S. The van der Waals surface area contributed by atoms with Crippen LogP contribution in [0.2, 0.25) is 10.0 Å². The highest BCUT2D eigenvalue weighted by Gasteiger charge is 2.28. The number of carbonyl (C=O) groups is 1. The number of hydrogen-bond acceptors (Lipinski definition) is 5. The maximum absolute atomic E-state index is 13.5. The number of aryl methyl sites for hydroxylation is 1. The Labute approximate surface area is 216 Å². The number of nitrogens with one attached hydrogen (secondary N) is 1. The van der Waals surface area contributed by atoms with E-state index in [1.54, 1.807) is 42.5 Å². The summed E-state index contributed by atoms with van der Waals surface area (Å²) in [6.07, 6.45) is 1.30. The van der Waals surface area contributed by atoms with Gasteiger partial charge in [0.25, 0.3) is 15.9 Å². The second kappa shape index (κ2) is 11.2. The number of sulfonamides is 1. The van der Waals surface area contributed by atoms with Gasteiger partial charge >= 0.3 is 0 Å². The van der Waals surface area contributed by atoms with Gasteiger partial charge in [0.15, 0.2) is 0 Å². The fraction of sp³-hybridized carbons (Fsp3) is 0.130. The predicted octanol–water partition coefficient (Wildman–Crippen LogP) is 5.42. The first kappa shape index (κ1) is 26.0. The van der Waals surface area contributed by atoms with E-state index in [1.165, 1.54) is 31.5 Å². The molecule has 0 atom stereocenters. The largest absolute Gasteiger partial charge is 0.496 e. The molecule has 1 amide bonds. The first-order valence-electron chi connectivity index (χ1n) is 9.82. The number of hydrogen-bond donors (Lipinski definition) is 1. The molecule has 0 bridgehead atoms. The summed E-state index contributed by atoms with van der Waals surface area (Å²) in [6, 6.07) is 16.1. The quantitative estimate of drug-likeness (QED) is 0.283. The predicted molar refractivity (Wildman–Crippen MR) is 139 cm³/mol. The topological polar surface area (TPSA) is 88.1 Å². The second-order valence-electron chi connectivity index (χ2n) is 7.07. The lowest BCUT2D eigenvalue weighted by molar-refractivity contribution is -0.119. The Morgan fingerprint density at radius 3 is 2.35 bits per heavy atom. The van der Waals surface area contributed by atoms with Crippen molar-refractivity contribution in [1.82, 2.24) is 5.43 Å². The molecule has 0 spiro atoms. The molecule has 0 aliphatic carbocycles. The molecule has 0 heterocycles. The lowest BCUT2D eigenvalue weighted by atomic mass is 10.2. The van der Waals surface area contributed by atoms with Crippen LogP contribution in [-0.2, 0) is 14.8 Å². The summed E-state index contributed by atoms with van der Waals surface area (Å²) in [4.78, 5) is 12.7. The van der Waals surface area contributed by atoms with Gasteiger partial charge < -0.3 is 4.74 Å². The molecular weight excluding hydrogens is 565 g/mol. The Hall–Kier alpha value is -2.59. The van der Waals surface area contributed by atoms with Gasteiger partial charge in [0.1, 0.15) is 12.3 Å². The highest BCUT2D eigenvalue weighted by atomic mass is 79.9. The summed E-state index contributed by atoms with van der Waals surface area (Å²) in [5, 5.41) is 4.60. The molecule has 11 heteroatoms. The van der Waals surface area contributed by atoms with Gasteiger partial charge in [-0.05, 0) is 65.3 Å². The summed E-state index contributed by atoms with van der Waals surface area (Å²) in [5.41, 5.74) is 4.02. The number of hydrazone groups is 1. The fourth-order valence-electron chi connectivity index (χ4n) is 2.93. The smallest absolute Gasteiger partial charge is 0.264 e. The highest BCUT2D eigenvalue weighted by molar-refractivity contribution is 9.10. The Balaban J connectivity index is 1.89. The summed E-state index contributed by atoms with van der Waals surface area (Å²) in [7, 11) is -2.63. The standard InChI is InChI=1S/C23H20BrCl2N3O4S/c1-15-6-8-16(9-7-15)29(34(31,32)17-10-11-22(33-2)19(24)12-17)14-23(30)28-27-13-18-20(25)4-3-5-21(18)26/h3-13H,14H2,1-2H3,(H,28,30)/b27-13-. The van der Waals surface area contributed by atoms with Gasteiger partial charge in [0, 0.05) is 5.56 Å². The van der Waals surface area contributed by atoms with E-state index in [-0.39, 0.29) is 4.90 Å². The van der Waals surface area contributed by atoms with Gasteiger partial charge in [0.2, 0.25) is 0 Å². The van der Waals surface area contributed by atoms with Crippen molar-refractivity contribution in [2.45, 2.75) is 11.8 Å². The van der Waals surface area contributed by atoms with Crippen molar-refractivity contribution in [3.8, 4) is 5.75 Å². The van der Waals surface area contributed by atoms with Crippen molar-refractivity contribution in [3.05, 3.63) is 86.3 Å². The zero-order valence-electron chi connectivity index (χ0n) is 18.1. The van der Waals surface area contributed by atoms with Crippen LogP contribution in [0.5, 0.6) is 5.75 Å². The molecule has 0 aromatic heterocycles. The van der Waals surface area contributed by atoms with Crippen LogP contribution in [0.25, 0.3) is 0 Å². The van der Waals surface area contributed by atoms with Crippen molar-refractivity contribution in [2.75, 3.05) is 18.0 Å². The van der Waals surface area contributed by atoms with Crippen LogP contribution in [0.15, 0.2) is 75.1 Å². The molecule has 0 saturated carbocycles. The number of rotatable bonds is 8. The number of benzene rings is 3. The molecule has 0 aliphatic rings. The number of nitrogens with zero attached hydrogens (tertiary/aromatic N) is 2. The lowest BCUT2D eigenvalue weighted by Crippen LogP contribution is -2.39. The van der Waals surface area contributed by atoms with E-state index < -0.39 is 22.5 Å². The monoisotopic (exact) mass is 583 g/mol. The number of carbonyl (C=O) groups excluding carboxylic acids is 1.